The molecule has 0 aliphatic carbocycles. The van der Waals surface area contributed by atoms with E-state index in [2.05, 4.69) is 15.0 Å². The van der Waals surface area contributed by atoms with Crippen molar-refractivity contribution in [2.24, 2.45) is 0 Å². The lowest BCUT2D eigenvalue weighted by Gasteiger charge is -2.18. The van der Waals surface area contributed by atoms with Gasteiger partial charge in [0.2, 0.25) is 15.7 Å². The zero-order valence-electron chi connectivity index (χ0n) is 15.1. The number of aromatic nitrogens is 3. The first-order valence-corrected chi connectivity index (χ1v) is 10.2. The maximum atomic E-state index is 13.2. The van der Waals surface area contributed by atoms with Crippen molar-refractivity contribution >= 4 is 20.9 Å². The molecule has 1 aliphatic heterocycles. The highest BCUT2D eigenvalue weighted by molar-refractivity contribution is 7.89. The van der Waals surface area contributed by atoms with E-state index in [1.54, 1.807) is 12.1 Å². The molecule has 0 amide bonds. The molecular weight excluding hydrogens is 378 g/mol. The average Bonchev–Trinajstić information content (AvgIpc) is 3.17. The van der Waals surface area contributed by atoms with Crippen LogP contribution in [0.25, 0.3) is 10.9 Å². The lowest BCUT2D eigenvalue weighted by molar-refractivity contribution is 0.205. The van der Waals surface area contributed by atoms with E-state index in [-0.39, 0.29) is 23.0 Å². The zero-order valence-corrected chi connectivity index (χ0v) is 15.9. The van der Waals surface area contributed by atoms with Crippen molar-refractivity contribution in [2.75, 3.05) is 13.1 Å². The summed E-state index contributed by atoms with van der Waals surface area (Å²) in [5, 5.41) is 9.87. The molecule has 4 rings (SSSR count). The van der Waals surface area contributed by atoms with Crippen molar-refractivity contribution < 1.29 is 13.2 Å². The monoisotopic (exact) mass is 395 g/mol. The van der Waals surface area contributed by atoms with Gasteiger partial charge in [0.05, 0.1) is 12.1 Å². The van der Waals surface area contributed by atoms with Crippen LogP contribution in [0.2, 0.25) is 0 Å². The highest BCUT2D eigenvalue weighted by atomic mass is 32.2. The van der Waals surface area contributed by atoms with Gasteiger partial charge in [0, 0.05) is 30.0 Å². The van der Waals surface area contributed by atoms with Crippen molar-refractivity contribution in [3.63, 3.8) is 0 Å². The number of sulfonamides is 1. The minimum absolute atomic E-state index is 0.0811. The molecule has 0 radical (unpaired) electrons. The van der Waals surface area contributed by atoms with Gasteiger partial charge in [-0.2, -0.15) is 9.57 Å². The summed E-state index contributed by atoms with van der Waals surface area (Å²) in [7, 11) is -3.73. The molecule has 1 aliphatic rings. The topological polar surface area (TPSA) is 109 Å². The first-order valence-electron chi connectivity index (χ1n) is 8.73. The molecule has 1 saturated heterocycles. The number of rotatable bonds is 4. The normalized spacial score (nSPS) is 17.5. The van der Waals surface area contributed by atoms with E-state index in [0.29, 0.717) is 18.5 Å². The van der Waals surface area contributed by atoms with E-state index in [4.69, 9.17) is 10.00 Å². The molecule has 0 bridgehead atoms. The van der Waals surface area contributed by atoms with Gasteiger partial charge in [0.1, 0.15) is 17.1 Å². The Balaban J connectivity index is 1.60. The van der Waals surface area contributed by atoms with E-state index in [9.17, 15) is 8.42 Å². The van der Waals surface area contributed by atoms with Crippen molar-refractivity contribution in [3.8, 4) is 11.9 Å². The SMILES string of the molecule is Cc1ccc2cccc(S(=O)(=O)N3CCC(Oc4nccnc4C#N)C3)c2n1. The Hall–Kier alpha value is -3.09. The number of aryl methyl sites for hydroxylation is 1. The minimum Gasteiger partial charge on any atom is -0.471 e. The number of benzene rings is 1. The van der Waals surface area contributed by atoms with Gasteiger partial charge in [-0.25, -0.2) is 18.4 Å². The molecule has 1 aromatic carbocycles. The number of ether oxygens (including phenoxy) is 1. The van der Waals surface area contributed by atoms with Crippen molar-refractivity contribution in [2.45, 2.75) is 24.3 Å². The predicted octanol–water partition coefficient (Wildman–Crippen LogP) is 2.05. The van der Waals surface area contributed by atoms with E-state index in [1.807, 2.05) is 31.2 Å². The number of hydrogen-bond acceptors (Lipinski definition) is 7. The smallest absolute Gasteiger partial charge is 0.251 e. The van der Waals surface area contributed by atoms with Gasteiger partial charge in [-0.15, -0.1) is 0 Å². The van der Waals surface area contributed by atoms with Gasteiger partial charge in [0.25, 0.3) is 5.88 Å². The second-order valence-electron chi connectivity index (χ2n) is 6.49. The van der Waals surface area contributed by atoms with Crippen LogP contribution in [0.4, 0.5) is 0 Å². The van der Waals surface area contributed by atoms with E-state index < -0.39 is 16.1 Å². The average molecular weight is 395 g/mol. The van der Waals surface area contributed by atoms with Crippen LogP contribution in [-0.4, -0.2) is 46.9 Å². The lowest BCUT2D eigenvalue weighted by Crippen LogP contribution is -2.31. The molecule has 28 heavy (non-hydrogen) atoms. The largest absolute Gasteiger partial charge is 0.471 e. The van der Waals surface area contributed by atoms with E-state index in [0.717, 1.165) is 11.1 Å². The fourth-order valence-corrected chi connectivity index (χ4v) is 4.87. The molecule has 9 heteroatoms. The Labute approximate surface area is 162 Å². The van der Waals surface area contributed by atoms with Crippen molar-refractivity contribution in [3.05, 3.63) is 54.1 Å². The molecule has 1 fully saturated rings. The van der Waals surface area contributed by atoms with Gasteiger partial charge in [-0.3, -0.25) is 4.98 Å². The third-order valence-electron chi connectivity index (χ3n) is 4.60. The molecule has 8 nitrogen and oxygen atoms in total. The second-order valence-corrected chi connectivity index (χ2v) is 8.40. The maximum Gasteiger partial charge on any atom is 0.251 e. The Morgan fingerprint density at radius 3 is 2.86 bits per heavy atom. The molecule has 0 spiro atoms. The molecule has 3 heterocycles. The van der Waals surface area contributed by atoms with Gasteiger partial charge in [0.15, 0.2) is 0 Å². The summed E-state index contributed by atoms with van der Waals surface area (Å²) in [5.74, 6) is 0.122. The number of para-hydroxylation sites is 1. The molecule has 1 unspecified atom stereocenters. The van der Waals surface area contributed by atoms with Gasteiger partial charge in [-0.05, 0) is 25.5 Å². The number of nitriles is 1. The van der Waals surface area contributed by atoms with Crippen molar-refractivity contribution in [1.82, 2.24) is 19.3 Å². The van der Waals surface area contributed by atoms with Gasteiger partial charge < -0.3 is 4.74 Å². The number of nitrogens with zero attached hydrogens (tertiary/aromatic N) is 5. The summed E-state index contributed by atoms with van der Waals surface area (Å²) in [5.41, 5.74) is 1.30. The van der Waals surface area contributed by atoms with E-state index >= 15 is 0 Å². The lowest BCUT2D eigenvalue weighted by atomic mass is 10.2. The van der Waals surface area contributed by atoms with Crippen LogP contribution in [0.1, 0.15) is 17.8 Å². The third-order valence-corrected chi connectivity index (χ3v) is 6.49. The molecular formula is C19H17N5O3S. The first-order chi connectivity index (χ1) is 13.5. The molecule has 0 N–H and O–H groups in total. The molecule has 3 aromatic rings. The van der Waals surface area contributed by atoms with Crippen LogP contribution in [0, 0.1) is 18.3 Å². The van der Waals surface area contributed by atoms with Gasteiger partial charge in [-0.1, -0.05) is 18.2 Å². The van der Waals surface area contributed by atoms with Crippen LogP contribution in [0.3, 0.4) is 0 Å². The maximum absolute atomic E-state index is 13.2. The quantitative estimate of drug-likeness (QED) is 0.665. The summed E-state index contributed by atoms with van der Waals surface area (Å²) >= 11 is 0. The van der Waals surface area contributed by atoms with Crippen LogP contribution < -0.4 is 4.74 Å². The first kappa shape index (κ1) is 18.3. The van der Waals surface area contributed by atoms with Gasteiger partial charge >= 0.3 is 0 Å². The Bertz CT molecular complexity index is 1190. The molecule has 1 atom stereocenters. The Kier molecular flexibility index (Phi) is 4.66. The number of hydrogen-bond donors (Lipinski definition) is 0. The van der Waals surface area contributed by atoms with Crippen LogP contribution in [-0.2, 0) is 10.0 Å². The highest BCUT2D eigenvalue weighted by Crippen LogP contribution is 2.28. The van der Waals surface area contributed by atoms with E-state index in [1.165, 1.54) is 16.7 Å². The Morgan fingerprint density at radius 2 is 2.04 bits per heavy atom. The zero-order chi connectivity index (χ0) is 19.7. The molecule has 2 aromatic heterocycles. The summed E-state index contributed by atoms with van der Waals surface area (Å²) < 4.78 is 33.6. The third kappa shape index (κ3) is 3.28. The highest BCUT2D eigenvalue weighted by Gasteiger charge is 2.35. The minimum atomic E-state index is -3.73. The fourth-order valence-electron chi connectivity index (χ4n) is 3.22. The number of pyridine rings is 1. The van der Waals surface area contributed by atoms with Crippen LogP contribution in [0.15, 0.2) is 47.6 Å². The summed E-state index contributed by atoms with van der Waals surface area (Å²) in [6, 6.07) is 10.8. The number of fused-ring (bicyclic) bond motifs is 1. The summed E-state index contributed by atoms with van der Waals surface area (Å²) in [6.45, 7) is 2.32. The van der Waals surface area contributed by atoms with Crippen molar-refractivity contribution in [1.29, 1.82) is 5.26 Å². The standard InChI is InChI=1S/C19H17N5O3S/c1-13-5-6-14-3-2-4-17(18(14)23-13)28(25,26)24-10-7-15(12-24)27-19-16(11-20)21-8-9-22-19/h2-6,8-9,15H,7,10,12H2,1H3. The van der Waals surface area contributed by atoms with Crippen LogP contribution >= 0.6 is 0 Å². The summed E-state index contributed by atoms with van der Waals surface area (Å²) in [6.07, 6.45) is 2.94. The predicted molar refractivity (Wildman–Crippen MR) is 101 cm³/mol. The molecule has 142 valence electrons. The summed E-state index contributed by atoms with van der Waals surface area (Å²) in [4.78, 5) is 12.6. The second kappa shape index (κ2) is 7.14. The van der Waals surface area contributed by atoms with Crippen LogP contribution in [0.5, 0.6) is 5.88 Å². The fraction of sp³-hybridized carbons (Fsp3) is 0.263. The Morgan fingerprint density at radius 1 is 1.21 bits per heavy atom. The molecule has 0 saturated carbocycles.